The highest BCUT2D eigenvalue weighted by Crippen LogP contribution is 2.28. The van der Waals surface area contributed by atoms with Gasteiger partial charge >= 0.3 is 0 Å². The SMILES string of the molecule is CCCC(C)CNCC(O)COCC1CC1. The van der Waals surface area contributed by atoms with Crippen molar-refractivity contribution in [2.75, 3.05) is 26.3 Å². The van der Waals surface area contributed by atoms with Gasteiger partial charge in [0.05, 0.1) is 12.7 Å². The number of aliphatic hydroxyl groups is 1. The first-order valence-corrected chi connectivity index (χ1v) is 6.68. The van der Waals surface area contributed by atoms with Gasteiger partial charge in [-0.15, -0.1) is 0 Å². The van der Waals surface area contributed by atoms with Gasteiger partial charge in [-0.1, -0.05) is 20.3 Å². The first-order valence-electron chi connectivity index (χ1n) is 6.68. The van der Waals surface area contributed by atoms with Gasteiger partial charge in [0.2, 0.25) is 0 Å². The Balaban J connectivity index is 1.86. The summed E-state index contributed by atoms with van der Waals surface area (Å²) in [6.45, 7) is 7.41. The molecular weight excluding hydrogens is 202 g/mol. The summed E-state index contributed by atoms with van der Waals surface area (Å²) < 4.78 is 5.43. The maximum absolute atomic E-state index is 9.64. The lowest BCUT2D eigenvalue weighted by molar-refractivity contribution is 0.0322. The fourth-order valence-electron chi connectivity index (χ4n) is 1.81. The van der Waals surface area contributed by atoms with Crippen molar-refractivity contribution in [2.24, 2.45) is 11.8 Å². The van der Waals surface area contributed by atoms with Crippen LogP contribution < -0.4 is 5.32 Å². The molecule has 0 spiro atoms. The third-order valence-corrected chi connectivity index (χ3v) is 3.01. The molecule has 3 nitrogen and oxygen atoms in total. The van der Waals surface area contributed by atoms with Gasteiger partial charge in [0, 0.05) is 13.2 Å². The van der Waals surface area contributed by atoms with Crippen molar-refractivity contribution in [3.8, 4) is 0 Å². The summed E-state index contributed by atoms with van der Waals surface area (Å²) in [7, 11) is 0. The van der Waals surface area contributed by atoms with E-state index in [4.69, 9.17) is 4.74 Å². The maximum Gasteiger partial charge on any atom is 0.0897 e. The summed E-state index contributed by atoms with van der Waals surface area (Å²) in [5, 5.41) is 12.9. The van der Waals surface area contributed by atoms with Gasteiger partial charge in [-0.25, -0.2) is 0 Å². The summed E-state index contributed by atoms with van der Waals surface area (Å²) in [6.07, 6.45) is 4.75. The van der Waals surface area contributed by atoms with Crippen molar-refractivity contribution < 1.29 is 9.84 Å². The standard InChI is InChI=1S/C13H27NO2/c1-3-4-11(2)7-14-8-13(15)10-16-9-12-5-6-12/h11-15H,3-10H2,1-2H3. The van der Waals surface area contributed by atoms with E-state index < -0.39 is 0 Å². The van der Waals surface area contributed by atoms with Crippen LogP contribution in [0.5, 0.6) is 0 Å². The average molecular weight is 229 g/mol. The molecule has 1 rings (SSSR count). The first kappa shape index (κ1) is 13.9. The van der Waals surface area contributed by atoms with Gasteiger partial charge in [-0.2, -0.15) is 0 Å². The fourth-order valence-corrected chi connectivity index (χ4v) is 1.81. The van der Waals surface area contributed by atoms with Crippen LogP contribution in [-0.2, 0) is 4.74 Å². The Morgan fingerprint density at radius 3 is 2.75 bits per heavy atom. The minimum absolute atomic E-state index is 0.354. The van der Waals surface area contributed by atoms with Crippen molar-refractivity contribution in [3.63, 3.8) is 0 Å². The zero-order valence-electron chi connectivity index (χ0n) is 10.7. The molecule has 0 aromatic rings. The van der Waals surface area contributed by atoms with Crippen molar-refractivity contribution in [1.29, 1.82) is 0 Å². The molecule has 0 aromatic carbocycles. The van der Waals surface area contributed by atoms with E-state index in [1.165, 1.54) is 25.7 Å². The number of aliphatic hydroxyl groups excluding tert-OH is 1. The van der Waals surface area contributed by atoms with E-state index in [9.17, 15) is 5.11 Å². The van der Waals surface area contributed by atoms with Crippen LogP contribution in [0.2, 0.25) is 0 Å². The number of nitrogens with one attached hydrogen (secondary N) is 1. The van der Waals surface area contributed by atoms with Gasteiger partial charge in [-0.05, 0) is 37.6 Å². The van der Waals surface area contributed by atoms with Crippen LogP contribution >= 0.6 is 0 Å². The molecule has 1 aliphatic rings. The molecule has 3 heteroatoms. The Morgan fingerprint density at radius 1 is 1.38 bits per heavy atom. The summed E-state index contributed by atoms with van der Waals surface area (Å²) in [5.41, 5.74) is 0. The first-order chi connectivity index (χ1) is 7.72. The Bertz CT molecular complexity index is 171. The highest BCUT2D eigenvalue weighted by atomic mass is 16.5. The normalized spacial score (nSPS) is 19.7. The Labute approximate surface area is 99.6 Å². The summed E-state index contributed by atoms with van der Waals surface area (Å²) in [5.74, 6) is 1.48. The second kappa shape index (κ2) is 8.04. The number of ether oxygens (including phenoxy) is 1. The van der Waals surface area contributed by atoms with E-state index in [0.717, 1.165) is 19.1 Å². The fraction of sp³-hybridized carbons (Fsp3) is 1.00. The molecule has 0 heterocycles. The van der Waals surface area contributed by atoms with E-state index in [1.54, 1.807) is 0 Å². The van der Waals surface area contributed by atoms with Crippen molar-refractivity contribution in [1.82, 2.24) is 5.32 Å². The highest BCUT2D eigenvalue weighted by Gasteiger charge is 2.21. The lowest BCUT2D eigenvalue weighted by Gasteiger charge is -2.15. The zero-order chi connectivity index (χ0) is 11.8. The third kappa shape index (κ3) is 7.20. The van der Waals surface area contributed by atoms with Gasteiger partial charge in [0.1, 0.15) is 0 Å². The predicted molar refractivity (Wildman–Crippen MR) is 66.5 cm³/mol. The number of hydrogen-bond donors (Lipinski definition) is 2. The van der Waals surface area contributed by atoms with E-state index in [0.29, 0.717) is 19.1 Å². The molecule has 2 N–H and O–H groups in total. The Hall–Kier alpha value is -0.120. The molecule has 16 heavy (non-hydrogen) atoms. The predicted octanol–water partition coefficient (Wildman–Crippen LogP) is 1.80. The molecule has 2 atom stereocenters. The lowest BCUT2D eigenvalue weighted by Crippen LogP contribution is -2.33. The van der Waals surface area contributed by atoms with Crippen LogP contribution in [-0.4, -0.2) is 37.5 Å². The van der Waals surface area contributed by atoms with E-state index in [2.05, 4.69) is 19.2 Å². The molecule has 1 fully saturated rings. The Morgan fingerprint density at radius 2 is 2.12 bits per heavy atom. The van der Waals surface area contributed by atoms with E-state index >= 15 is 0 Å². The number of hydrogen-bond acceptors (Lipinski definition) is 3. The molecule has 0 amide bonds. The minimum atomic E-state index is -0.354. The van der Waals surface area contributed by atoms with Crippen LogP contribution in [0.4, 0.5) is 0 Å². The topological polar surface area (TPSA) is 41.5 Å². The van der Waals surface area contributed by atoms with Gasteiger partial charge < -0.3 is 15.2 Å². The van der Waals surface area contributed by atoms with Gasteiger partial charge in [0.25, 0.3) is 0 Å². The maximum atomic E-state index is 9.64. The molecule has 1 aliphatic carbocycles. The average Bonchev–Trinajstić information content (AvgIpc) is 3.02. The second-order valence-corrected chi connectivity index (χ2v) is 5.19. The van der Waals surface area contributed by atoms with Crippen molar-refractivity contribution >= 4 is 0 Å². The largest absolute Gasteiger partial charge is 0.389 e. The van der Waals surface area contributed by atoms with Gasteiger partial charge in [0.15, 0.2) is 0 Å². The number of rotatable bonds is 10. The lowest BCUT2D eigenvalue weighted by atomic mass is 10.1. The zero-order valence-corrected chi connectivity index (χ0v) is 10.7. The van der Waals surface area contributed by atoms with E-state index in [1.807, 2.05) is 0 Å². The minimum Gasteiger partial charge on any atom is -0.389 e. The van der Waals surface area contributed by atoms with Crippen molar-refractivity contribution in [3.05, 3.63) is 0 Å². The smallest absolute Gasteiger partial charge is 0.0897 e. The van der Waals surface area contributed by atoms with E-state index in [-0.39, 0.29) is 6.10 Å². The molecular formula is C13H27NO2. The van der Waals surface area contributed by atoms with Crippen molar-refractivity contribution in [2.45, 2.75) is 45.6 Å². The molecule has 96 valence electrons. The van der Waals surface area contributed by atoms with Gasteiger partial charge in [-0.3, -0.25) is 0 Å². The molecule has 1 saturated carbocycles. The highest BCUT2D eigenvalue weighted by molar-refractivity contribution is 4.72. The summed E-state index contributed by atoms with van der Waals surface area (Å²) >= 11 is 0. The molecule has 0 radical (unpaired) electrons. The Kier molecular flexibility index (Phi) is 7.01. The summed E-state index contributed by atoms with van der Waals surface area (Å²) in [6, 6.07) is 0. The molecule has 2 unspecified atom stereocenters. The van der Waals surface area contributed by atoms with Crippen LogP contribution in [0.3, 0.4) is 0 Å². The molecule has 0 aromatic heterocycles. The second-order valence-electron chi connectivity index (χ2n) is 5.19. The van der Waals surface area contributed by atoms with Crippen LogP contribution in [0.25, 0.3) is 0 Å². The quantitative estimate of drug-likeness (QED) is 0.600. The monoisotopic (exact) mass is 229 g/mol. The van der Waals surface area contributed by atoms with Crippen LogP contribution in [0.15, 0.2) is 0 Å². The van der Waals surface area contributed by atoms with Crippen LogP contribution in [0, 0.1) is 11.8 Å². The third-order valence-electron chi connectivity index (χ3n) is 3.01. The summed E-state index contributed by atoms with van der Waals surface area (Å²) in [4.78, 5) is 0. The molecule has 0 bridgehead atoms. The molecule has 0 saturated heterocycles. The molecule has 0 aliphatic heterocycles. The van der Waals surface area contributed by atoms with Crippen LogP contribution in [0.1, 0.15) is 39.5 Å².